The van der Waals surface area contributed by atoms with Crippen molar-refractivity contribution in [2.75, 3.05) is 33.9 Å². The van der Waals surface area contributed by atoms with Crippen molar-refractivity contribution < 1.29 is 4.74 Å². The summed E-state index contributed by atoms with van der Waals surface area (Å²) in [6.07, 6.45) is 4.14. The van der Waals surface area contributed by atoms with E-state index in [4.69, 9.17) is 16.3 Å². The molecule has 0 fully saturated rings. The maximum Gasteiger partial charge on any atom is 0.161 e. The predicted octanol–water partition coefficient (Wildman–Crippen LogP) is 1.85. The van der Waals surface area contributed by atoms with Crippen LogP contribution in [0.4, 0.5) is 0 Å². The van der Waals surface area contributed by atoms with Gasteiger partial charge in [-0.15, -0.1) is 0 Å². The van der Waals surface area contributed by atoms with Crippen molar-refractivity contribution in [1.82, 2.24) is 20.4 Å². The van der Waals surface area contributed by atoms with Crippen LogP contribution in [0.1, 0.15) is 5.56 Å². The van der Waals surface area contributed by atoms with Crippen LogP contribution in [0.15, 0.2) is 42.4 Å². The SMILES string of the molecule is COCCN(C)C1NC(c2ccc(Cl)cc2)=C2CNC=CN21. The minimum absolute atomic E-state index is 0.0918. The van der Waals surface area contributed by atoms with Crippen LogP contribution >= 0.6 is 11.6 Å². The highest BCUT2D eigenvalue weighted by Crippen LogP contribution is 2.30. The van der Waals surface area contributed by atoms with E-state index in [1.807, 2.05) is 30.5 Å². The number of nitrogens with one attached hydrogen (secondary N) is 2. The van der Waals surface area contributed by atoms with Crippen molar-refractivity contribution in [2.24, 2.45) is 0 Å². The molecule has 1 aromatic rings. The molecule has 6 heteroatoms. The van der Waals surface area contributed by atoms with Gasteiger partial charge in [0.1, 0.15) is 0 Å². The van der Waals surface area contributed by atoms with Crippen molar-refractivity contribution in [1.29, 1.82) is 0 Å². The molecule has 1 unspecified atom stereocenters. The predicted molar refractivity (Wildman–Crippen MR) is 88.8 cm³/mol. The zero-order chi connectivity index (χ0) is 15.5. The van der Waals surface area contributed by atoms with Gasteiger partial charge in [-0.3, -0.25) is 4.90 Å². The molecule has 5 nitrogen and oxygen atoms in total. The van der Waals surface area contributed by atoms with Crippen LogP contribution in [0, 0.1) is 0 Å². The molecule has 0 saturated carbocycles. The summed E-state index contributed by atoms with van der Waals surface area (Å²) in [4.78, 5) is 4.50. The third kappa shape index (κ3) is 2.92. The van der Waals surface area contributed by atoms with Gasteiger partial charge in [0, 0.05) is 31.1 Å². The first-order chi connectivity index (χ1) is 10.7. The summed E-state index contributed by atoms with van der Waals surface area (Å²) in [5.74, 6) is 0. The van der Waals surface area contributed by atoms with Crippen LogP contribution in [-0.4, -0.2) is 49.9 Å². The zero-order valence-electron chi connectivity index (χ0n) is 12.8. The fourth-order valence-electron chi connectivity index (χ4n) is 2.75. The molecule has 0 aromatic heterocycles. The Kier molecular flexibility index (Phi) is 4.57. The maximum atomic E-state index is 6.00. The zero-order valence-corrected chi connectivity index (χ0v) is 13.6. The molecule has 2 N–H and O–H groups in total. The van der Waals surface area contributed by atoms with Crippen LogP contribution in [0.3, 0.4) is 0 Å². The van der Waals surface area contributed by atoms with Gasteiger partial charge in [0.25, 0.3) is 0 Å². The Hall–Kier alpha value is -1.69. The van der Waals surface area contributed by atoms with E-state index in [0.717, 1.165) is 29.4 Å². The molecule has 0 radical (unpaired) electrons. The van der Waals surface area contributed by atoms with E-state index < -0.39 is 0 Å². The number of hydrogen-bond donors (Lipinski definition) is 2. The fraction of sp³-hybridized carbons (Fsp3) is 0.375. The number of ether oxygens (including phenoxy) is 1. The Morgan fingerprint density at radius 2 is 2.14 bits per heavy atom. The second kappa shape index (κ2) is 6.60. The quantitative estimate of drug-likeness (QED) is 0.866. The van der Waals surface area contributed by atoms with E-state index in [9.17, 15) is 0 Å². The van der Waals surface area contributed by atoms with Crippen LogP contribution in [0.2, 0.25) is 5.02 Å². The van der Waals surface area contributed by atoms with E-state index in [-0.39, 0.29) is 6.29 Å². The molecule has 0 spiro atoms. The first kappa shape index (κ1) is 15.2. The van der Waals surface area contributed by atoms with Gasteiger partial charge in [-0.1, -0.05) is 23.7 Å². The lowest BCUT2D eigenvalue weighted by Gasteiger charge is -2.34. The van der Waals surface area contributed by atoms with E-state index in [1.165, 1.54) is 5.70 Å². The number of rotatable bonds is 5. The summed E-state index contributed by atoms with van der Waals surface area (Å²) in [6, 6.07) is 7.94. The van der Waals surface area contributed by atoms with Gasteiger partial charge < -0.3 is 20.3 Å². The number of likely N-dealkylation sites (N-methyl/N-ethyl adjacent to an activating group) is 1. The standard InChI is InChI=1S/C16H21ClN4O/c1-20(9-10-22-2)16-19-15(12-3-5-13(17)6-4-12)14-11-18-7-8-21(14)16/h3-8,16,18-19H,9-11H2,1-2H3. The third-order valence-corrected chi connectivity index (χ3v) is 4.21. The van der Waals surface area contributed by atoms with Crippen molar-refractivity contribution in [3.05, 3.63) is 52.9 Å². The van der Waals surface area contributed by atoms with Crippen LogP contribution in [0.5, 0.6) is 0 Å². The molecule has 2 heterocycles. The van der Waals surface area contributed by atoms with Crippen LogP contribution in [0.25, 0.3) is 5.70 Å². The number of hydrogen-bond acceptors (Lipinski definition) is 5. The second-order valence-electron chi connectivity index (χ2n) is 5.42. The molecule has 2 aliphatic rings. The number of benzene rings is 1. The van der Waals surface area contributed by atoms with Gasteiger partial charge in [-0.25, -0.2) is 0 Å². The molecule has 118 valence electrons. The summed E-state index contributed by atoms with van der Waals surface area (Å²) < 4.78 is 5.19. The highest BCUT2D eigenvalue weighted by atomic mass is 35.5. The van der Waals surface area contributed by atoms with Crippen molar-refractivity contribution in [3.8, 4) is 0 Å². The van der Waals surface area contributed by atoms with E-state index in [2.05, 4.69) is 33.7 Å². The van der Waals surface area contributed by atoms with Gasteiger partial charge in [-0.2, -0.15) is 0 Å². The summed E-state index contributed by atoms with van der Waals surface area (Å²) in [5.41, 5.74) is 3.52. The fourth-order valence-corrected chi connectivity index (χ4v) is 2.87. The van der Waals surface area contributed by atoms with Gasteiger partial charge in [-0.05, 0) is 24.7 Å². The molecule has 1 atom stereocenters. The molecule has 0 bridgehead atoms. The molecule has 0 amide bonds. The van der Waals surface area contributed by atoms with E-state index in [0.29, 0.717) is 6.61 Å². The monoisotopic (exact) mass is 320 g/mol. The average Bonchev–Trinajstić information content (AvgIpc) is 2.93. The largest absolute Gasteiger partial charge is 0.384 e. The van der Waals surface area contributed by atoms with Crippen LogP contribution in [-0.2, 0) is 4.74 Å². The van der Waals surface area contributed by atoms with Gasteiger partial charge >= 0.3 is 0 Å². The molecule has 1 aromatic carbocycles. The molecule has 0 saturated heterocycles. The second-order valence-corrected chi connectivity index (χ2v) is 5.86. The summed E-state index contributed by atoms with van der Waals surface area (Å²) >= 11 is 6.00. The molecular weight excluding hydrogens is 300 g/mol. The molecule has 0 aliphatic carbocycles. The van der Waals surface area contributed by atoms with E-state index in [1.54, 1.807) is 7.11 Å². The normalized spacial score (nSPS) is 20.2. The van der Waals surface area contributed by atoms with Gasteiger partial charge in [0.2, 0.25) is 0 Å². The average molecular weight is 321 g/mol. The van der Waals surface area contributed by atoms with Crippen molar-refractivity contribution >= 4 is 17.3 Å². The summed E-state index contributed by atoms with van der Waals surface area (Å²) in [5, 5.41) is 7.65. The summed E-state index contributed by atoms with van der Waals surface area (Å²) in [7, 11) is 3.82. The van der Waals surface area contributed by atoms with Crippen LogP contribution < -0.4 is 10.6 Å². The molecule has 2 aliphatic heterocycles. The third-order valence-electron chi connectivity index (χ3n) is 3.96. The highest BCUT2D eigenvalue weighted by Gasteiger charge is 2.33. The Morgan fingerprint density at radius 3 is 2.86 bits per heavy atom. The van der Waals surface area contributed by atoms with Crippen molar-refractivity contribution in [2.45, 2.75) is 6.29 Å². The Balaban J connectivity index is 1.87. The topological polar surface area (TPSA) is 39.8 Å². The lowest BCUT2D eigenvalue weighted by atomic mass is 10.1. The minimum Gasteiger partial charge on any atom is -0.384 e. The maximum absolute atomic E-state index is 6.00. The number of fused-ring (bicyclic) bond motifs is 1. The first-order valence-corrected chi connectivity index (χ1v) is 7.71. The van der Waals surface area contributed by atoms with Crippen molar-refractivity contribution in [3.63, 3.8) is 0 Å². The summed E-state index contributed by atoms with van der Waals surface area (Å²) in [6.45, 7) is 2.36. The number of nitrogens with zero attached hydrogens (tertiary/aromatic N) is 2. The van der Waals surface area contributed by atoms with Gasteiger partial charge in [0.05, 0.1) is 24.5 Å². The number of halogens is 1. The first-order valence-electron chi connectivity index (χ1n) is 7.34. The lowest BCUT2D eigenvalue weighted by Crippen LogP contribution is -2.50. The Morgan fingerprint density at radius 1 is 1.36 bits per heavy atom. The lowest BCUT2D eigenvalue weighted by molar-refractivity contribution is 0.0840. The molecule has 22 heavy (non-hydrogen) atoms. The minimum atomic E-state index is 0.0918. The molecule has 3 rings (SSSR count). The van der Waals surface area contributed by atoms with Gasteiger partial charge in [0.15, 0.2) is 6.29 Å². The number of methoxy groups -OCH3 is 1. The molecular formula is C16H21ClN4O. The van der Waals surface area contributed by atoms with E-state index >= 15 is 0 Å². The Bertz CT molecular complexity index is 584. The smallest absolute Gasteiger partial charge is 0.161 e. The highest BCUT2D eigenvalue weighted by molar-refractivity contribution is 6.30. The Labute approximate surface area is 136 Å².